The van der Waals surface area contributed by atoms with Crippen molar-refractivity contribution in [2.45, 2.75) is 19.4 Å². The SMILES string of the molecule is Cc1cccc(NC(=O)N[C@H](CC(N)=O)C(=O)O)c1C#N. The van der Waals surface area contributed by atoms with E-state index in [0.717, 1.165) is 0 Å². The van der Waals surface area contributed by atoms with Crippen molar-refractivity contribution in [2.75, 3.05) is 5.32 Å². The number of hydrogen-bond acceptors (Lipinski definition) is 4. The van der Waals surface area contributed by atoms with Gasteiger partial charge >= 0.3 is 12.0 Å². The second-order valence-corrected chi connectivity index (χ2v) is 4.27. The molecule has 8 nitrogen and oxygen atoms in total. The molecule has 0 fully saturated rings. The molecule has 0 aliphatic heterocycles. The molecule has 1 aromatic carbocycles. The van der Waals surface area contributed by atoms with E-state index < -0.39 is 30.4 Å². The van der Waals surface area contributed by atoms with Crippen LogP contribution in [0.25, 0.3) is 0 Å². The Kier molecular flexibility index (Phi) is 5.25. The number of carboxylic acid groups (broad SMARTS) is 1. The van der Waals surface area contributed by atoms with Crippen molar-refractivity contribution in [2.24, 2.45) is 5.73 Å². The molecule has 8 heteroatoms. The number of carboxylic acids is 1. The van der Waals surface area contributed by atoms with E-state index in [9.17, 15) is 14.4 Å². The first kappa shape index (κ1) is 16.0. The van der Waals surface area contributed by atoms with Crippen LogP contribution in [-0.2, 0) is 9.59 Å². The third-order valence-electron chi connectivity index (χ3n) is 2.64. The van der Waals surface area contributed by atoms with E-state index >= 15 is 0 Å². The fourth-order valence-electron chi connectivity index (χ4n) is 1.64. The van der Waals surface area contributed by atoms with Crippen molar-refractivity contribution in [1.82, 2.24) is 5.32 Å². The van der Waals surface area contributed by atoms with Gasteiger partial charge in [-0.15, -0.1) is 0 Å². The highest BCUT2D eigenvalue weighted by molar-refractivity contribution is 5.94. The first-order valence-electron chi connectivity index (χ1n) is 5.93. The van der Waals surface area contributed by atoms with Crippen LogP contribution in [0.3, 0.4) is 0 Å². The maximum absolute atomic E-state index is 11.7. The fraction of sp³-hybridized carbons (Fsp3) is 0.231. The standard InChI is InChI=1S/C13H14N4O4/c1-7-3-2-4-9(8(7)6-14)16-13(21)17-10(12(19)20)5-11(15)18/h2-4,10H,5H2,1H3,(H2,15,18)(H,19,20)(H2,16,17,21)/t10-/m1/s1. The number of benzene rings is 1. The zero-order valence-corrected chi connectivity index (χ0v) is 11.2. The number of amides is 3. The van der Waals surface area contributed by atoms with E-state index in [-0.39, 0.29) is 11.3 Å². The number of anilines is 1. The number of urea groups is 1. The van der Waals surface area contributed by atoms with Gasteiger partial charge < -0.3 is 21.5 Å². The molecule has 0 saturated carbocycles. The second kappa shape index (κ2) is 6.91. The van der Waals surface area contributed by atoms with Crippen molar-refractivity contribution in [1.29, 1.82) is 5.26 Å². The van der Waals surface area contributed by atoms with Crippen LogP contribution in [0.1, 0.15) is 17.5 Å². The molecule has 0 unspecified atom stereocenters. The van der Waals surface area contributed by atoms with Crippen LogP contribution >= 0.6 is 0 Å². The lowest BCUT2D eigenvalue weighted by atomic mass is 10.1. The molecule has 1 atom stereocenters. The number of nitrogens with two attached hydrogens (primary N) is 1. The lowest BCUT2D eigenvalue weighted by molar-refractivity contribution is -0.140. The van der Waals surface area contributed by atoms with Gasteiger partial charge in [-0.2, -0.15) is 5.26 Å². The number of nitrogens with one attached hydrogen (secondary N) is 2. The van der Waals surface area contributed by atoms with E-state index in [1.54, 1.807) is 19.1 Å². The summed E-state index contributed by atoms with van der Waals surface area (Å²) in [6.07, 6.45) is -0.526. The van der Waals surface area contributed by atoms with Gasteiger partial charge in [-0.1, -0.05) is 12.1 Å². The van der Waals surface area contributed by atoms with E-state index in [0.29, 0.717) is 5.56 Å². The van der Waals surface area contributed by atoms with Gasteiger partial charge in [0.25, 0.3) is 0 Å². The third-order valence-corrected chi connectivity index (χ3v) is 2.64. The monoisotopic (exact) mass is 290 g/mol. The lowest BCUT2D eigenvalue weighted by Gasteiger charge is -2.14. The van der Waals surface area contributed by atoms with Gasteiger partial charge in [-0.05, 0) is 18.6 Å². The maximum atomic E-state index is 11.7. The first-order valence-corrected chi connectivity index (χ1v) is 5.93. The Morgan fingerprint density at radius 2 is 2.10 bits per heavy atom. The Labute approximate surface area is 120 Å². The topological polar surface area (TPSA) is 145 Å². The molecule has 0 radical (unpaired) electrons. The molecule has 0 heterocycles. The minimum Gasteiger partial charge on any atom is -0.480 e. The van der Waals surface area contributed by atoms with Crippen LogP contribution in [0.2, 0.25) is 0 Å². The van der Waals surface area contributed by atoms with E-state index in [1.807, 2.05) is 6.07 Å². The summed E-state index contributed by atoms with van der Waals surface area (Å²) >= 11 is 0. The summed E-state index contributed by atoms with van der Waals surface area (Å²) in [7, 11) is 0. The van der Waals surface area contributed by atoms with Crippen LogP contribution in [-0.4, -0.2) is 29.1 Å². The molecule has 21 heavy (non-hydrogen) atoms. The van der Waals surface area contributed by atoms with Gasteiger partial charge in [-0.3, -0.25) is 4.79 Å². The van der Waals surface area contributed by atoms with Gasteiger partial charge in [-0.25, -0.2) is 9.59 Å². The van der Waals surface area contributed by atoms with Crippen molar-refractivity contribution in [3.8, 4) is 6.07 Å². The van der Waals surface area contributed by atoms with Gasteiger partial charge in [0.05, 0.1) is 17.7 Å². The normalized spacial score (nSPS) is 11.0. The molecule has 3 amide bonds. The van der Waals surface area contributed by atoms with Crippen LogP contribution in [0, 0.1) is 18.3 Å². The summed E-state index contributed by atoms with van der Waals surface area (Å²) < 4.78 is 0. The summed E-state index contributed by atoms with van der Waals surface area (Å²) in [6.45, 7) is 1.70. The van der Waals surface area contributed by atoms with Crippen molar-refractivity contribution < 1.29 is 19.5 Å². The molecule has 0 aliphatic rings. The predicted molar refractivity (Wildman–Crippen MR) is 73.3 cm³/mol. The Morgan fingerprint density at radius 1 is 1.43 bits per heavy atom. The number of hydrogen-bond donors (Lipinski definition) is 4. The van der Waals surface area contributed by atoms with Crippen LogP contribution in [0.4, 0.5) is 10.5 Å². The van der Waals surface area contributed by atoms with E-state index in [4.69, 9.17) is 16.1 Å². The van der Waals surface area contributed by atoms with Crippen molar-refractivity contribution >= 4 is 23.6 Å². The van der Waals surface area contributed by atoms with Gasteiger partial charge in [0.2, 0.25) is 5.91 Å². The van der Waals surface area contributed by atoms with Gasteiger partial charge in [0.15, 0.2) is 0 Å². The zero-order valence-electron chi connectivity index (χ0n) is 11.2. The smallest absolute Gasteiger partial charge is 0.326 e. The van der Waals surface area contributed by atoms with E-state index in [2.05, 4.69) is 10.6 Å². The number of carbonyl (C=O) groups excluding carboxylic acids is 2. The van der Waals surface area contributed by atoms with Crippen molar-refractivity contribution in [3.05, 3.63) is 29.3 Å². The summed E-state index contributed by atoms with van der Waals surface area (Å²) in [5.41, 5.74) is 6.10. The number of nitrogens with zero attached hydrogens (tertiary/aromatic N) is 1. The predicted octanol–water partition coefficient (Wildman–Crippen LogP) is 0.317. The number of aliphatic carboxylic acids is 1. The lowest BCUT2D eigenvalue weighted by Crippen LogP contribution is -2.45. The fourth-order valence-corrected chi connectivity index (χ4v) is 1.64. The van der Waals surface area contributed by atoms with Gasteiger partial charge in [0.1, 0.15) is 12.1 Å². The number of nitriles is 1. The van der Waals surface area contributed by atoms with Crippen LogP contribution in [0.5, 0.6) is 0 Å². The number of primary amides is 1. The Balaban J connectivity index is 2.82. The van der Waals surface area contributed by atoms with Crippen LogP contribution in [0.15, 0.2) is 18.2 Å². The van der Waals surface area contributed by atoms with Gasteiger partial charge in [0, 0.05) is 0 Å². The van der Waals surface area contributed by atoms with Crippen molar-refractivity contribution in [3.63, 3.8) is 0 Å². The highest BCUT2D eigenvalue weighted by Crippen LogP contribution is 2.18. The number of carbonyl (C=O) groups is 3. The first-order chi connectivity index (χ1) is 9.85. The molecule has 110 valence electrons. The second-order valence-electron chi connectivity index (χ2n) is 4.27. The average molecular weight is 290 g/mol. The Hall–Kier alpha value is -3.08. The number of rotatable bonds is 5. The molecule has 5 N–H and O–H groups in total. The minimum absolute atomic E-state index is 0.248. The maximum Gasteiger partial charge on any atom is 0.326 e. The highest BCUT2D eigenvalue weighted by atomic mass is 16.4. The molecule has 1 aromatic rings. The minimum atomic E-state index is -1.43. The summed E-state index contributed by atoms with van der Waals surface area (Å²) in [5, 5.41) is 22.4. The Morgan fingerprint density at radius 3 is 2.62 bits per heavy atom. The largest absolute Gasteiger partial charge is 0.480 e. The molecule has 0 spiro atoms. The molecule has 0 aliphatic carbocycles. The summed E-state index contributed by atoms with van der Waals surface area (Å²) in [5.74, 6) is -2.23. The zero-order chi connectivity index (χ0) is 16.0. The molecular formula is C13H14N4O4. The number of aryl methyl sites for hydroxylation is 1. The van der Waals surface area contributed by atoms with E-state index in [1.165, 1.54) is 6.07 Å². The summed E-state index contributed by atoms with van der Waals surface area (Å²) in [6, 6.07) is 4.52. The molecule has 1 rings (SSSR count). The van der Waals surface area contributed by atoms with Crippen LogP contribution < -0.4 is 16.4 Å². The quantitative estimate of drug-likeness (QED) is 0.616. The average Bonchev–Trinajstić information content (AvgIpc) is 2.37. The Bertz CT molecular complexity index is 621. The third kappa shape index (κ3) is 4.50. The highest BCUT2D eigenvalue weighted by Gasteiger charge is 2.22. The molecular weight excluding hydrogens is 276 g/mol. The molecule has 0 saturated heterocycles. The molecule has 0 aromatic heterocycles. The summed E-state index contributed by atoms with van der Waals surface area (Å²) in [4.78, 5) is 33.4. The molecule has 0 bridgehead atoms.